The van der Waals surface area contributed by atoms with Crippen molar-refractivity contribution in [1.82, 2.24) is 0 Å². The van der Waals surface area contributed by atoms with Crippen LogP contribution in [0.2, 0.25) is 0 Å². The lowest BCUT2D eigenvalue weighted by molar-refractivity contribution is -0.171. The molecule has 0 aliphatic carbocycles. The van der Waals surface area contributed by atoms with Crippen LogP contribution in [0.15, 0.2) is 42.2 Å². The molecule has 2 atom stereocenters. The summed E-state index contributed by atoms with van der Waals surface area (Å²) in [6.45, 7) is 8.53. The van der Waals surface area contributed by atoms with Crippen LogP contribution in [0.3, 0.4) is 0 Å². The monoisotopic (exact) mass is 302 g/mol. The maximum Gasteiger partial charge on any atom is 0.334 e. The van der Waals surface area contributed by atoms with Crippen molar-refractivity contribution in [2.75, 3.05) is 0 Å². The molecule has 0 radical (unpaired) electrons. The largest absolute Gasteiger partial charge is 0.512 e. The van der Waals surface area contributed by atoms with E-state index in [4.69, 9.17) is 4.74 Å². The average Bonchev–Trinajstić information content (AvgIpc) is 2.43. The van der Waals surface area contributed by atoms with Gasteiger partial charge in [-0.25, -0.2) is 4.79 Å². The van der Waals surface area contributed by atoms with E-state index in [1.54, 1.807) is 0 Å². The molecule has 0 aromatic heterocycles. The van der Waals surface area contributed by atoms with Crippen LogP contribution in [0.5, 0.6) is 0 Å². The summed E-state index contributed by atoms with van der Waals surface area (Å²) in [5.74, 6) is -0.194. The van der Waals surface area contributed by atoms with Gasteiger partial charge >= 0.3 is 5.97 Å². The quantitative estimate of drug-likeness (QED) is 0.837. The molecule has 1 aromatic carbocycles. The minimum Gasteiger partial charge on any atom is -0.512 e. The van der Waals surface area contributed by atoms with E-state index >= 15 is 0 Å². The molecular weight excluding hydrogens is 276 g/mol. The lowest BCUT2D eigenvalue weighted by atomic mass is 9.65. The third kappa shape index (κ3) is 3.52. The second-order valence-corrected chi connectivity index (χ2v) is 7.26. The summed E-state index contributed by atoms with van der Waals surface area (Å²) in [7, 11) is 0. The lowest BCUT2D eigenvalue weighted by Gasteiger charge is -2.47. The Morgan fingerprint density at radius 1 is 1.27 bits per heavy atom. The number of cyclic esters (lactones) is 1. The highest BCUT2D eigenvalue weighted by atomic mass is 16.6. The highest BCUT2D eigenvalue weighted by molar-refractivity contribution is 5.83. The van der Waals surface area contributed by atoms with E-state index < -0.39 is 11.6 Å². The molecule has 1 aromatic rings. The first-order valence-electron chi connectivity index (χ1n) is 7.93. The van der Waals surface area contributed by atoms with Crippen molar-refractivity contribution in [3.63, 3.8) is 0 Å². The maximum atomic E-state index is 11.9. The third-order valence-corrected chi connectivity index (χ3v) is 4.63. The minimum atomic E-state index is -0.649. The number of esters is 1. The van der Waals surface area contributed by atoms with E-state index in [9.17, 15) is 9.90 Å². The summed E-state index contributed by atoms with van der Waals surface area (Å²) >= 11 is 0. The molecule has 1 heterocycles. The van der Waals surface area contributed by atoms with Gasteiger partial charge in [-0.2, -0.15) is 0 Å². The number of hydrogen-bond donors (Lipinski definition) is 1. The summed E-state index contributed by atoms with van der Waals surface area (Å²) in [5, 5.41) is 9.99. The van der Waals surface area contributed by atoms with Crippen molar-refractivity contribution in [2.45, 2.75) is 52.6 Å². The van der Waals surface area contributed by atoms with E-state index in [-0.39, 0.29) is 17.1 Å². The van der Waals surface area contributed by atoms with Crippen LogP contribution in [0.4, 0.5) is 0 Å². The molecule has 1 aliphatic heterocycles. The number of carbonyl (C=O) groups excluding carboxylic acids is 1. The smallest absolute Gasteiger partial charge is 0.334 e. The predicted octanol–water partition coefficient (Wildman–Crippen LogP) is 4.43. The van der Waals surface area contributed by atoms with E-state index in [0.717, 1.165) is 6.42 Å². The number of benzene rings is 1. The first-order chi connectivity index (χ1) is 10.3. The zero-order valence-corrected chi connectivity index (χ0v) is 13.9. The van der Waals surface area contributed by atoms with Gasteiger partial charge in [-0.3, -0.25) is 0 Å². The zero-order valence-electron chi connectivity index (χ0n) is 13.9. The number of aliphatic hydroxyl groups excluding tert-OH is 1. The zero-order chi connectivity index (χ0) is 16.4. The minimum absolute atomic E-state index is 0.0518. The van der Waals surface area contributed by atoms with Crippen LogP contribution in [-0.2, 0) is 16.0 Å². The fraction of sp³-hybridized carbons (Fsp3) is 0.526. The standard InChI is InChI=1S/C19H26O3/c1-5-19(13-15(20)12-17(21)22-19)16(18(2,3)4)11-14-9-7-6-8-10-14/h6-10,12,16,20H,5,11,13H2,1-4H3. The summed E-state index contributed by atoms with van der Waals surface area (Å²) in [6, 6.07) is 10.3. The third-order valence-electron chi connectivity index (χ3n) is 4.63. The lowest BCUT2D eigenvalue weighted by Crippen LogP contribution is -2.50. The summed E-state index contributed by atoms with van der Waals surface area (Å²) in [6.07, 6.45) is 3.09. The van der Waals surface area contributed by atoms with Gasteiger partial charge in [0.05, 0.1) is 6.08 Å². The second kappa shape index (κ2) is 6.15. The Labute approximate surface area is 133 Å². The summed E-state index contributed by atoms with van der Waals surface area (Å²) in [4.78, 5) is 11.9. The van der Waals surface area contributed by atoms with Crippen molar-refractivity contribution < 1.29 is 14.6 Å². The molecule has 0 saturated carbocycles. The molecular formula is C19H26O3. The van der Waals surface area contributed by atoms with E-state index in [0.29, 0.717) is 12.8 Å². The van der Waals surface area contributed by atoms with E-state index in [2.05, 4.69) is 32.9 Å². The fourth-order valence-electron chi connectivity index (χ4n) is 3.53. The first-order valence-corrected chi connectivity index (χ1v) is 7.93. The highest BCUT2D eigenvalue weighted by Gasteiger charge is 2.48. The van der Waals surface area contributed by atoms with Gasteiger partial charge in [-0.05, 0) is 23.8 Å². The molecule has 0 bridgehead atoms. The maximum absolute atomic E-state index is 11.9. The molecule has 0 saturated heterocycles. The van der Waals surface area contributed by atoms with Crippen LogP contribution in [0, 0.1) is 11.3 Å². The molecule has 2 rings (SSSR count). The van der Waals surface area contributed by atoms with Gasteiger partial charge in [0, 0.05) is 12.3 Å². The van der Waals surface area contributed by atoms with Gasteiger partial charge in [0.25, 0.3) is 0 Å². The second-order valence-electron chi connectivity index (χ2n) is 7.26. The van der Waals surface area contributed by atoms with Gasteiger partial charge < -0.3 is 9.84 Å². The summed E-state index contributed by atoms with van der Waals surface area (Å²) in [5.41, 5.74) is 0.522. The van der Waals surface area contributed by atoms with E-state index in [1.807, 2.05) is 25.1 Å². The molecule has 3 heteroatoms. The van der Waals surface area contributed by atoms with Crippen LogP contribution >= 0.6 is 0 Å². The normalized spacial score (nSPS) is 23.6. The molecule has 0 spiro atoms. The first kappa shape index (κ1) is 16.6. The van der Waals surface area contributed by atoms with Gasteiger partial charge in [0.2, 0.25) is 0 Å². The van der Waals surface area contributed by atoms with Crippen molar-refractivity contribution in [2.24, 2.45) is 11.3 Å². The Bertz CT molecular complexity index is 554. The van der Waals surface area contributed by atoms with Crippen LogP contribution in [0.25, 0.3) is 0 Å². The number of carbonyl (C=O) groups is 1. The number of rotatable bonds is 4. The Balaban J connectivity index is 2.39. The Morgan fingerprint density at radius 2 is 1.91 bits per heavy atom. The molecule has 120 valence electrons. The van der Waals surface area contributed by atoms with Gasteiger partial charge in [-0.15, -0.1) is 0 Å². The van der Waals surface area contributed by atoms with Crippen LogP contribution < -0.4 is 0 Å². The number of hydrogen-bond acceptors (Lipinski definition) is 3. The van der Waals surface area contributed by atoms with E-state index in [1.165, 1.54) is 11.6 Å². The molecule has 22 heavy (non-hydrogen) atoms. The Morgan fingerprint density at radius 3 is 2.41 bits per heavy atom. The Kier molecular flexibility index (Phi) is 4.64. The molecule has 0 fully saturated rings. The van der Waals surface area contributed by atoms with Gasteiger partial charge in [0.15, 0.2) is 0 Å². The molecule has 3 nitrogen and oxygen atoms in total. The summed E-state index contributed by atoms with van der Waals surface area (Å²) < 4.78 is 5.78. The molecule has 1 N–H and O–H groups in total. The topological polar surface area (TPSA) is 46.5 Å². The van der Waals surface area contributed by atoms with Crippen LogP contribution in [0.1, 0.15) is 46.1 Å². The fourth-order valence-corrected chi connectivity index (χ4v) is 3.53. The Hall–Kier alpha value is -1.77. The number of aliphatic hydroxyl groups is 1. The molecule has 1 aliphatic rings. The van der Waals surface area contributed by atoms with Crippen molar-refractivity contribution in [3.8, 4) is 0 Å². The highest BCUT2D eigenvalue weighted by Crippen LogP contribution is 2.45. The van der Waals surface area contributed by atoms with Crippen molar-refractivity contribution >= 4 is 5.97 Å². The van der Waals surface area contributed by atoms with Crippen molar-refractivity contribution in [1.29, 1.82) is 0 Å². The molecule has 2 unspecified atom stereocenters. The molecule has 0 amide bonds. The van der Waals surface area contributed by atoms with Gasteiger partial charge in [-0.1, -0.05) is 58.0 Å². The number of ether oxygens (including phenoxy) is 1. The van der Waals surface area contributed by atoms with Gasteiger partial charge in [0.1, 0.15) is 11.4 Å². The van der Waals surface area contributed by atoms with Crippen molar-refractivity contribution in [3.05, 3.63) is 47.7 Å². The van der Waals surface area contributed by atoms with Crippen LogP contribution in [-0.4, -0.2) is 16.7 Å². The average molecular weight is 302 g/mol. The predicted molar refractivity (Wildman–Crippen MR) is 87.5 cm³/mol. The SMILES string of the molecule is CCC1(C(Cc2ccccc2)C(C)(C)C)CC(O)=CC(=O)O1.